The van der Waals surface area contributed by atoms with Crippen LogP contribution in [0.5, 0.6) is 0 Å². The quantitative estimate of drug-likeness (QED) is 0.646. The van der Waals surface area contributed by atoms with Gasteiger partial charge in [-0.05, 0) is 24.3 Å². The first-order valence-corrected chi connectivity index (χ1v) is 6.48. The van der Waals surface area contributed by atoms with Crippen molar-refractivity contribution in [1.82, 2.24) is 14.8 Å². The lowest BCUT2D eigenvalue weighted by molar-refractivity contribution is -0.390. The highest BCUT2D eigenvalue weighted by molar-refractivity contribution is 5.43. The van der Waals surface area contributed by atoms with Gasteiger partial charge in [-0.2, -0.15) is 4.68 Å². The predicted octanol–water partition coefficient (Wildman–Crippen LogP) is 2.36. The van der Waals surface area contributed by atoms with E-state index in [9.17, 15) is 10.1 Å². The van der Waals surface area contributed by atoms with E-state index in [2.05, 4.69) is 22.3 Å². The number of nitro groups is 1. The van der Waals surface area contributed by atoms with Gasteiger partial charge in [-0.1, -0.05) is 13.0 Å². The summed E-state index contributed by atoms with van der Waals surface area (Å²) >= 11 is 0. The number of nitrogens with one attached hydrogen (secondary N) is 1. The van der Waals surface area contributed by atoms with Crippen LogP contribution in [0.1, 0.15) is 24.5 Å². The summed E-state index contributed by atoms with van der Waals surface area (Å²) in [6, 6.07) is 3.78. The van der Waals surface area contributed by atoms with Gasteiger partial charge in [0.15, 0.2) is 0 Å². The molecule has 0 aliphatic carbocycles. The van der Waals surface area contributed by atoms with Gasteiger partial charge in [-0.15, -0.1) is 0 Å². The minimum absolute atomic E-state index is 0.100. The molecule has 0 aromatic carbocycles. The molecule has 2 rings (SSSR count). The summed E-state index contributed by atoms with van der Waals surface area (Å²) in [7, 11) is 0. The van der Waals surface area contributed by atoms with Gasteiger partial charge in [0, 0.05) is 18.3 Å². The molecule has 7 heteroatoms. The molecule has 0 spiro atoms. The van der Waals surface area contributed by atoms with Crippen LogP contribution in [0.25, 0.3) is 0 Å². The number of anilines is 1. The Balaban J connectivity index is 2.21. The molecule has 0 radical (unpaired) electrons. The third kappa shape index (κ3) is 3.11. The Morgan fingerprint density at radius 3 is 2.95 bits per heavy atom. The van der Waals surface area contributed by atoms with Gasteiger partial charge < -0.3 is 15.4 Å². The standard InChI is InChI=1S/C13H17N5O2/c1-3-6-14-12-11(5-4-7-15-12)9-17-8-10(2)13(16-17)18(19)20/h4-5,7-8H,3,6,9H2,1-2H3,(H,14,15). The Morgan fingerprint density at radius 1 is 1.50 bits per heavy atom. The Bertz CT molecular complexity index is 609. The van der Waals surface area contributed by atoms with Crippen molar-refractivity contribution in [2.45, 2.75) is 26.8 Å². The van der Waals surface area contributed by atoms with Gasteiger partial charge >= 0.3 is 5.82 Å². The number of nitrogens with zero attached hydrogens (tertiary/aromatic N) is 4. The molecule has 0 saturated heterocycles. The van der Waals surface area contributed by atoms with Gasteiger partial charge in [-0.25, -0.2) is 4.98 Å². The molecule has 0 aliphatic rings. The van der Waals surface area contributed by atoms with E-state index in [1.807, 2.05) is 12.1 Å². The fourth-order valence-corrected chi connectivity index (χ4v) is 1.92. The molecule has 2 aromatic rings. The molecule has 0 atom stereocenters. The molecule has 0 aliphatic heterocycles. The minimum atomic E-state index is -0.467. The summed E-state index contributed by atoms with van der Waals surface area (Å²) in [5, 5.41) is 18.0. The number of rotatable bonds is 6. The van der Waals surface area contributed by atoms with Crippen LogP contribution in [-0.4, -0.2) is 26.2 Å². The first kappa shape index (κ1) is 14.0. The van der Waals surface area contributed by atoms with Crippen molar-refractivity contribution in [3.8, 4) is 0 Å². The molecule has 2 heterocycles. The molecule has 0 bridgehead atoms. The molecule has 106 valence electrons. The second kappa shape index (κ2) is 6.14. The highest BCUT2D eigenvalue weighted by Gasteiger charge is 2.17. The van der Waals surface area contributed by atoms with Crippen LogP contribution in [0.2, 0.25) is 0 Å². The molecule has 7 nitrogen and oxygen atoms in total. The van der Waals surface area contributed by atoms with E-state index in [-0.39, 0.29) is 5.82 Å². The van der Waals surface area contributed by atoms with Gasteiger partial charge in [0.2, 0.25) is 0 Å². The van der Waals surface area contributed by atoms with Crippen LogP contribution in [0.15, 0.2) is 24.5 Å². The Morgan fingerprint density at radius 2 is 2.30 bits per heavy atom. The second-order valence-corrected chi connectivity index (χ2v) is 4.53. The maximum Gasteiger partial charge on any atom is 0.392 e. The maximum atomic E-state index is 10.8. The average Bonchev–Trinajstić information content (AvgIpc) is 2.79. The SMILES string of the molecule is CCCNc1ncccc1Cn1cc(C)c([N+](=O)[O-])n1. The van der Waals surface area contributed by atoms with E-state index in [0.717, 1.165) is 24.3 Å². The molecular formula is C13H17N5O2. The van der Waals surface area contributed by atoms with E-state index >= 15 is 0 Å². The van der Waals surface area contributed by atoms with Gasteiger partial charge in [0.05, 0.1) is 23.4 Å². The molecule has 2 aromatic heterocycles. The molecule has 1 N–H and O–H groups in total. The lowest BCUT2D eigenvalue weighted by Crippen LogP contribution is -2.08. The Labute approximate surface area is 116 Å². The summed E-state index contributed by atoms with van der Waals surface area (Å²) in [5.41, 5.74) is 1.51. The summed E-state index contributed by atoms with van der Waals surface area (Å²) in [4.78, 5) is 14.6. The molecule has 0 saturated carbocycles. The normalized spacial score (nSPS) is 10.5. The third-order valence-electron chi connectivity index (χ3n) is 2.86. The van der Waals surface area contributed by atoms with Gasteiger partial charge in [-0.3, -0.25) is 0 Å². The van der Waals surface area contributed by atoms with E-state index in [0.29, 0.717) is 12.1 Å². The van der Waals surface area contributed by atoms with Crippen LogP contribution in [0.4, 0.5) is 11.6 Å². The van der Waals surface area contributed by atoms with Crippen molar-refractivity contribution in [2.24, 2.45) is 0 Å². The summed E-state index contributed by atoms with van der Waals surface area (Å²) in [5.74, 6) is 0.696. The first-order chi connectivity index (χ1) is 9.61. The predicted molar refractivity (Wildman–Crippen MR) is 75.7 cm³/mol. The maximum absolute atomic E-state index is 10.8. The number of aryl methyl sites for hydroxylation is 1. The van der Waals surface area contributed by atoms with Crippen molar-refractivity contribution in [1.29, 1.82) is 0 Å². The number of pyridine rings is 1. The summed E-state index contributed by atoms with van der Waals surface area (Å²) < 4.78 is 1.57. The zero-order valence-electron chi connectivity index (χ0n) is 11.5. The van der Waals surface area contributed by atoms with E-state index in [1.165, 1.54) is 0 Å². The zero-order valence-corrected chi connectivity index (χ0v) is 11.5. The Hall–Kier alpha value is -2.44. The average molecular weight is 275 g/mol. The second-order valence-electron chi connectivity index (χ2n) is 4.53. The van der Waals surface area contributed by atoms with Crippen LogP contribution in [0, 0.1) is 17.0 Å². The molecular weight excluding hydrogens is 258 g/mol. The van der Waals surface area contributed by atoms with E-state index < -0.39 is 4.92 Å². The van der Waals surface area contributed by atoms with Crippen molar-refractivity contribution in [3.05, 3.63) is 45.8 Å². The lowest BCUT2D eigenvalue weighted by atomic mass is 10.2. The van der Waals surface area contributed by atoms with Crippen molar-refractivity contribution < 1.29 is 4.92 Å². The van der Waals surface area contributed by atoms with Crippen molar-refractivity contribution in [2.75, 3.05) is 11.9 Å². The summed E-state index contributed by atoms with van der Waals surface area (Å²) in [6.45, 7) is 5.05. The largest absolute Gasteiger partial charge is 0.392 e. The summed E-state index contributed by atoms with van der Waals surface area (Å²) in [6.07, 6.45) is 4.40. The first-order valence-electron chi connectivity index (χ1n) is 6.48. The number of aromatic nitrogens is 3. The third-order valence-corrected chi connectivity index (χ3v) is 2.86. The topological polar surface area (TPSA) is 85.9 Å². The van der Waals surface area contributed by atoms with Crippen LogP contribution in [-0.2, 0) is 6.54 Å². The fourth-order valence-electron chi connectivity index (χ4n) is 1.92. The number of hydrogen-bond donors (Lipinski definition) is 1. The lowest BCUT2D eigenvalue weighted by Gasteiger charge is -2.08. The Kier molecular flexibility index (Phi) is 4.29. The molecule has 0 fully saturated rings. The fraction of sp³-hybridized carbons (Fsp3) is 0.385. The van der Waals surface area contributed by atoms with Crippen molar-refractivity contribution >= 4 is 11.6 Å². The molecule has 0 unspecified atom stereocenters. The number of hydrogen-bond acceptors (Lipinski definition) is 5. The highest BCUT2D eigenvalue weighted by atomic mass is 16.6. The van der Waals surface area contributed by atoms with Gasteiger partial charge in [0.25, 0.3) is 0 Å². The molecule has 20 heavy (non-hydrogen) atoms. The van der Waals surface area contributed by atoms with Crippen LogP contribution in [0.3, 0.4) is 0 Å². The molecule has 0 amide bonds. The van der Waals surface area contributed by atoms with E-state index in [1.54, 1.807) is 24.0 Å². The highest BCUT2D eigenvalue weighted by Crippen LogP contribution is 2.17. The van der Waals surface area contributed by atoms with Crippen LogP contribution >= 0.6 is 0 Å². The zero-order chi connectivity index (χ0) is 14.5. The van der Waals surface area contributed by atoms with Crippen molar-refractivity contribution in [3.63, 3.8) is 0 Å². The minimum Gasteiger partial charge on any atom is -0.370 e. The monoisotopic (exact) mass is 275 g/mol. The van der Waals surface area contributed by atoms with Crippen LogP contribution < -0.4 is 5.32 Å². The van der Waals surface area contributed by atoms with Gasteiger partial charge in [0.1, 0.15) is 5.82 Å². The van der Waals surface area contributed by atoms with E-state index in [4.69, 9.17) is 0 Å². The smallest absolute Gasteiger partial charge is 0.370 e.